The molecule has 0 amide bonds. The molecular formula is C17H15N3O4S. The van der Waals surface area contributed by atoms with Crippen LogP contribution in [-0.2, 0) is 16.4 Å². The first-order valence-corrected chi connectivity index (χ1v) is 8.68. The van der Waals surface area contributed by atoms with Crippen molar-refractivity contribution in [2.75, 3.05) is 10.8 Å². The van der Waals surface area contributed by atoms with Gasteiger partial charge >= 0.3 is 0 Å². The van der Waals surface area contributed by atoms with E-state index in [1.54, 1.807) is 24.3 Å². The SMILES string of the molecule is C=CCN(c1ccc(CC#N)cc1)S(=O)(=O)c1ccccc1[N+](=O)[O-]. The standard InChI is InChI=1S/C17H15N3O4S/c1-2-13-19(15-9-7-14(8-10-15)11-12-18)25(23,24)17-6-4-3-5-16(17)20(21)22/h2-10H,1,11,13H2. The molecule has 0 radical (unpaired) electrons. The third-order valence-electron chi connectivity index (χ3n) is 3.43. The molecule has 0 N–H and O–H groups in total. The quantitative estimate of drug-likeness (QED) is 0.430. The molecule has 0 bridgehead atoms. The molecular weight excluding hydrogens is 342 g/mol. The van der Waals surface area contributed by atoms with Crippen LogP contribution in [0.4, 0.5) is 11.4 Å². The lowest BCUT2D eigenvalue weighted by molar-refractivity contribution is -0.387. The van der Waals surface area contributed by atoms with Gasteiger partial charge in [-0.3, -0.25) is 14.4 Å². The molecule has 0 saturated carbocycles. The largest absolute Gasteiger partial charge is 0.289 e. The monoisotopic (exact) mass is 357 g/mol. The van der Waals surface area contributed by atoms with Crippen LogP contribution in [0.15, 0.2) is 66.1 Å². The summed E-state index contributed by atoms with van der Waals surface area (Å²) in [5, 5.41) is 19.9. The Kier molecular flexibility index (Phi) is 5.52. The third-order valence-corrected chi connectivity index (χ3v) is 5.27. The number of hydrogen-bond acceptors (Lipinski definition) is 5. The Morgan fingerprint density at radius 3 is 2.40 bits per heavy atom. The maximum Gasteiger partial charge on any atom is 0.289 e. The first-order valence-electron chi connectivity index (χ1n) is 7.24. The van der Waals surface area contributed by atoms with Gasteiger partial charge in [0, 0.05) is 6.07 Å². The number of benzene rings is 2. The zero-order valence-electron chi connectivity index (χ0n) is 13.2. The summed E-state index contributed by atoms with van der Waals surface area (Å²) in [6, 6.07) is 13.6. The first kappa shape index (κ1) is 18.2. The van der Waals surface area contributed by atoms with Crippen molar-refractivity contribution in [3.05, 3.63) is 76.9 Å². The van der Waals surface area contributed by atoms with E-state index in [1.165, 1.54) is 24.3 Å². The molecule has 0 aliphatic rings. The van der Waals surface area contributed by atoms with Crippen LogP contribution in [0.25, 0.3) is 0 Å². The Morgan fingerprint density at radius 1 is 1.20 bits per heavy atom. The average Bonchev–Trinajstić information content (AvgIpc) is 2.60. The van der Waals surface area contributed by atoms with Gasteiger partial charge in [-0.15, -0.1) is 6.58 Å². The molecule has 2 rings (SSSR count). The van der Waals surface area contributed by atoms with Crippen LogP contribution < -0.4 is 4.31 Å². The van der Waals surface area contributed by atoms with Gasteiger partial charge in [0.25, 0.3) is 15.7 Å². The maximum atomic E-state index is 13.0. The topological polar surface area (TPSA) is 104 Å². The number of nitro groups is 1. The molecule has 2 aromatic carbocycles. The predicted molar refractivity (Wildman–Crippen MR) is 93.6 cm³/mol. The van der Waals surface area contributed by atoms with Crippen LogP contribution in [0, 0.1) is 21.4 Å². The van der Waals surface area contributed by atoms with Crippen LogP contribution in [0.3, 0.4) is 0 Å². The number of para-hydroxylation sites is 1. The number of nitro benzene ring substituents is 1. The molecule has 8 heteroatoms. The fourth-order valence-corrected chi connectivity index (χ4v) is 3.87. The van der Waals surface area contributed by atoms with Crippen LogP contribution in [0.1, 0.15) is 5.56 Å². The van der Waals surface area contributed by atoms with E-state index < -0.39 is 20.6 Å². The Morgan fingerprint density at radius 2 is 1.84 bits per heavy atom. The van der Waals surface area contributed by atoms with E-state index in [2.05, 4.69) is 6.58 Å². The smallest absolute Gasteiger partial charge is 0.262 e. The van der Waals surface area contributed by atoms with E-state index in [4.69, 9.17) is 5.26 Å². The lowest BCUT2D eigenvalue weighted by Crippen LogP contribution is -2.31. The highest BCUT2D eigenvalue weighted by Gasteiger charge is 2.31. The molecule has 0 aliphatic heterocycles. The van der Waals surface area contributed by atoms with Gasteiger partial charge in [-0.2, -0.15) is 5.26 Å². The van der Waals surface area contributed by atoms with E-state index in [0.29, 0.717) is 5.69 Å². The number of nitriles is 1. The van der Waals surface area contributed by atoms with Gasteiger partial charge in [0.05, 0.1) is 29.6 Å². The summed E-state index contributed by atoms with van der Waals surface area (Å²) >= 11 is 0. The second kappa shape index (κ2) is 7.59. The van der Waals surface area contributed by atoms with Crippen LogP contribution in [0.2, 0.25) is 0 Å². The van der Waals surface area contributed by atoms with Crippen LogP contribution >= 0.6 is 0 Å². The van der Waals surface area contributed by atoms with Gasteiger partial charge in [-0.05, 0) is 23.8 Å². The molecule has 2 aromatic rings. The molecule has 128 valence electrons. The van der Waals surface area contributed by atoms with Crippen molar-refractivity contribution in [2.24, 2.45) is 0 Å². The summed E-state index contributed by atoms with van der Waals surface area (Å²) in [7, 11) is -4.16. The summed E-state index contributed by atoms with van der Waals surface area (Å²) in [5.41, 5.74) is 0.588. The minimum absolute atomic E-state index is 0.0496. The Hall–Kier alpha value is -3.18. The molecule has 0 spiro atoms. The highest BCUT2D eigenvalue weighted by molar-refractivity contribution is 7.93. The number of sulfonamides is 1. The zero-order valence-corrected chi connectivity index (χ0v) is 14.0. The summed E-state index contributed by atoms with van der Waals surface area (Å²) in [5.74, 6) is 0. The summed E-state index contributed by atoms with van der Waals surface area (Å²) in [6.07, 6.45) is 1.61. The van der Waals surface area contributed by atoms with Crippen molar-refractivity contribution >= 4 is 21.4 Å². The van der Waals surface area contributed by atoms with Gasteiger partial charge in [-0.1, -0.05) is 30.3 Å². The summed E-state index contributed by atoms with van der Waals surface area (Å²) in [6.45, 7) is 3.51. The normalized spacial score (nSPS) is 10.7. The van der Waals surface area contributed by atoms with Gasteiger partial charge < -0.3 is 0 Å². The van der Waals surface area contributed by atoms with Gasteiger partial charge in [-0.25, -0.2) is 8.42 Å². The molecule has 25 heavy (non-hydrogen) atoms. The molecule has 0 aromatic heterocycles. The highest BCUT2D eigenvalue weighted by atomic mass is 32.2. The van der Waals surface area contributed by atoms with Crippen molar-refractivity contribution in [3.8, 4) is 6.07 Å². The molecule has 0 heterocycles. The number of rotatable bonds is 7. The number of hydrogen-bond donors (Lipinski definition) is 0. The fourth-order valence-electron chi connectivity index (χ4n) is 2.28. The van der Waals surface area contributed by atoms with E-state index in [-0.39, 0.29) is 17.9 Å². The molecule has 7 nitrogen and oxygen atoms in total. The third kappa shape index (κ3) is 3.84. The number of anilines is 1. The van der Waals surface area contributed by atoms with Gasteiger partial charge in [0.1, 0.15) is 0 Å². The molecule has 0 saturated heterocycles. The molecule has 0 fully saturated rings. The lowest BCUT2D eigenvalue weighted by Gasteiger charge is -2.23. The van der Waals surface area contributed by atoms with E-state index in [9.17, 15) is 18.5 Å². The van der Waals surface area contributed by atoms with Gasteiger partial charge in [0.15, 0.2) is 4.90 Å². The summed E-state index contributed by atoms with van der Waals surface area (Å²) in [4.78, 5) is 10.1. The zero-order chi connectivity index (χ0) is 18.4. The Bertz CT molecular complexity index is 931. The van der Waals surface area contributed by atoms with E-state index in [1.807, 2.05) is 6.07 Å². The van der Waals surface area contributed by atoms with Crippen molar-refractivity contribution in [3.63, 3.8) is 0 Å². The highest BCUT2D eigenvalue weighted by Crippen LogP contribution is 2.29. The predicted octanol–water partition coefficient (Wildman–Crippen LogP) is 3.04. The van der Waals surface area contributed by atoms with Gasteiger partial charge in [0.2, 0.25) is 0 Å². The van der Waals surface area contributed by atoms with E-state index in [0.717, 1.165) is 15.9 Å². The number of nitrogens with zero attached hydrogens (tertiary/aromatic N) is 3. The first-order chi connectivity index (χ1) is 11.9. The summed E-state index contributed by atoms with van der Waals surface area (Å²) < 4.78 is 27.0. The van der Waals surface area contributed by atoms with Crippen molar-refractivity contribution < 1.29 is 13.3 Å². The van der Waals surface area contributed by atoms with Crippen molar-refractivity contribution in [1.82, 2.24) is 0 Å². The van der Waals surface area contributed by atoms with Crippen molar-refractivity contribution in [2.45, 2.75) is 11.3 Å². The van der Waals surface area contributed by atoms with Crippen LogP contribution in [0.5, 0.6) is 0 Å². The van der Waals surface area contributed by atoms with Crippen LogP contribution in [-0.4, -0.2) is 19.9 Å². The fraction of sp³-hybridized carbons (Fsp3) is 0.118. The van der Waals surface area contributed by atoms with Crippen molar-refractivity contribution in [1.29, 1.82) is 5.26 Å². The molecule has 0 atom stereocenters. The molecule has 0 unspecified atom stereocenters. The average molecular weight is 357 g/mol. The second-order valence-corrected chi connectivity index (χ2v) is 6.88. The molecule has 0 aliphatic carbocycles. The lowest BCUT2D eigenvalue weighted by atomic mass is 10.1. The minimum atomic E-state index is -4.16. The second-order valence-electron chi connectivity index (χ2n) is 5.05. The maximum absolute atomic E-state index is 13.0. The minimum Gasteiger partial charge on any atom is -0.262 e. The Balaban J connectivity index is 2.54. The Labute approximate surface area is 145 Å². The van der Waals surface area contributed by atoms with E-state index >= 15 is 0 Å².